The van der Waals surface area contributed by atoms with E-state index in [0.717, 1.165) is 11.3 Å². The second kappa shape index (κ2) is 6.96. The van der Waals surface area contributed by atoms with Crippen LogP contribution in [-0.4, -0.2) is 20.7 Å². The second-order valence-electron chi connectivity index (χ2n) is 5.42. The third kappa shape index (κ3) is 3.55. The van der Waals surface area contributed by atoms with E-state index >= 15 is 0 Å². The predicted molar refractivity (Wildman–Crippen MR) is 90.5 cm³/mol. The summed E-state index contributed by atoms with van der Waals surface area (Å²) in [6.07, 6.45) is 3.51. The van der Waals surface area contributed by atoms with Crippen LogP contribution in [0.4, 0.5) is 5.69 Å². The number of nitro groups is 1. The van der Waals surface area contributed by atoms with E-state index in [4.69, 9.17) is 4.74 Å². The van der Waals surface area contributed by atoms with E-state index in [0.29, 0.717) is 5.56 Å². The normalized spacial score (nSPS) is 10.4. The first-order chi connectivity index (χ1) is 12.1. The largest absolute Gasteiger partial charge is 0.457 e. The highest BCUT2D eigenvalue weighted by atomic mass is 16.6. The maximum absolute atomic E-state index is 12.2. The third-order valence-corrected chi connectivity index (χ3v) is 3.72. The Morgan fingerprint density at radius 2 is 1.96 bits per heavy atom. The molecule has 7 heteroatoms. The Labute approximate surface area is 143 Å². The molecule has 0 aliphatic carbocycles. The summed E-state index contributed by atoms with van der Waals surface area (Å²) in [6, 6.07) is 13.7. The van der Waals surface area contributed by atoms with E-state index in [1.54, 1.807) is 29.9 Å². The smallest absolute Gasteiger partial charge is 0.345 e. The number of aromatic nitrogens is 2. The van der Waals surface area contributed by atoms with Crippen molar-refractivity contribution in [3.05, 3.63) is 87.7 Å². The van der Waals surface area contributed by atoms with Gasteiger partial charge in [0.05, 0.1) is 10.6 Å². The number of nitro benzene ring substituents is 1. The predicted octanol–water partition coefficient (Wildman–Crippen LogP) is 3.45. The molecule has 0 fully saturated rings. The number of rotatable bonds is 5. The van der Waals surface area contributed by atoms with Crippen molar-refractivity contribution >= 4 is 11.7 Å². The van der Waals surface area contributed by atoms with Gasteiger partial charge in [-0.05, 0) is 36.8 Å². The molecule has 0 radical (unpaired) electrons. The van der Waals surface area contributed by atoms with Gasteiger partial charge in [-0.1, -0.05) is 24.3 Å². The molecule has 1 heterocycles. The summed E-state index contributed by atoms with van der Waals surface area (Å²) in [5.74, 6) is -0.716. The molecule has 126 valence electrons. The molecule has 0 N–H and O–H groups in total. The fourth-order valence-electron chi connectivity index (χ4n) is 2.46. The summed E-state index contributed by atoms with van der Waals surface area (Å²) in [5, 5.41) is 15.3. The van der Waals surface area contributed by atoms with E-state index in [9.17, 15) is 14.9 Å². The Bertz CT molecular complexity index is 903. The number of carbonyl (C=O) groups excluding carboxylic acids is 1. The number of esters is 1. The number of carbonyl (C=O) groups is 1. The van der Waals surface area contributed by atoms with Gasteiger partial charge in [-0.2, -0.15) is 5.10 Å². The van der Waals surface area contributed by atoms with Gasteiger partial charge in [-0.25, -0.2) is 9.48 Å². The fraction of sp³-hybridized carbons (Fsp3) is 0.111. The first-order valence-corrected chi connectivity index (χ1v) is 7.56. The van der Waals surface area contributed by atoms with Crippen LogP contribution in [-0.2, 0) is 11.3 Å². The molecule has 1 aromatic heterocycles. The molecule has 0 bridgehead atoms. The van der Waals surface area contributed by atoms with Gasteiger partial charge < -0.3 is 4.74 Å². The minimum absolute atomic E-state index is 0.0311. The van der Waals surface area contributed by atoms with E-state index < -0.39 is 10.9 Å². The average Bonchev–Trinajstić information content (AvgIpc) is 3.14. The van der Waals surface area contributed by atoms with Crippen molar-refractivity contribution in [3.8, 4) is 5.69 Å². The molecule has 0 saturated heterocycles. The number of para-hydroxylation sites is 1. The quantitative estimate of drug-likeness (QED) is 0.404. The van der Waals surface area contributed by atoms with Gasteiger partial charge in [0, 0.05) is 18.0 Å². The van der Waals surface area contributed by atoms with E-state index in [1.165, 1.54) is 6.07 Å². The van der Waals surface area contributed by atoms with Gasteiger partial charge in [-0.3, -0.25) is 10.1 Å². The number of hydrogen-bond donors (Lipinski definition) is 0. The van der Waals surface area contributed by atoms with Crippen molar-refractivity contribution in [2.75, 3.05) is 0 Å². The molecule has 0 amide bonds. The SMILES string of the molecule is Cc1cccc(C(=O)OCc2ccc(-n3cccn3)cc2)c1[N+](=O)[O-]. The lowest BCUT2D eigenvalue weighted by Gasteiger charge is -2.08. The lowest BCUT2D eigenvalue weighted by atomic mass is 10.1. The highest BCUT2D eigenvalue weighted by Crippen LogP contribution is 2.24. The van der Waals surface area contributed by atoms with Crippen LogP contribution < -0.4 is 0 Å². The standard InChI is InChI=1S/C18H15N3O4/c1-13-4-2-5-16(17(13)21(23)24)18(22)25-12-14-6-8-15(9-7-14)20-11-3-10-19-20/h2-11H,12H2,1H3. The summed E-state index contributed by atoms with van der Waals surface area (Å²) in [7, 11) is 0. The van der Waals surface area contributed by atoms with Gasteiger partial charge in [0.25, 0.3) is 5.69 Å². The molecule has 0 aliphatic heterocycles. The van der Waals surface area contributed by atoms with Crippen LogP contribution >= 0.6 is 0 Å². The second-order valence-corrected chi connectivity index (χ2v) is 5.42. The van der Waals surface area contributed by atoms with E-state index in [2.05, 4.69) is 5.10 Å². The molecule has 3 rings (SSSR count). The molecule has 7 nitrogen and oxygen atoms in total. The minimum Gasteiger partial charge on any atom is -0.457 e. The maximum Gasteiger partial charge on any atom is 0.345 e. The van der Waals surface area contributed by atoms with Crippen molar-refractivity contribution < 1.29 is 14.5 Å². The van der Waals surface area contributed by atoms with Crippen LogP contribution in [0.25, 0.3) is 5.69 Å². The lowest BCUT2D eigenvalue weighted by Crippen LogP contribution is -2.09. The number of aryl methyl sites for hydroxylation is 1. The zero-order valence-electron chi connectivity index (χ0n) is 13.5. The summed E-state index contributed by atoms with van der Waals surface area (Å²) in [5.41, 5.74) is 1.82. The minimum atomic E-state index is -0.716. The zero-order valence-corrected chi connectivity index (χ0v) is 13.5. The van der Waals surface area contributed by atoms with Crippen molar-refractivity contribution in [3.63, 3.8) is 0 Å². The molecular weight excluding hydrogens is 322 g/mol. The van der Waals surface area contributed by atoms with Crippen molar-refractivity contribution in [2.24, 2.45) is 0 Å². The van der Waals surface area contributed by atoms with Crippen LogP contribution in [0.3, 0.4) is 0 Å². The monoisotopic (exact) mass is 337 g/mol. The topological polar surface area (TPSA) is 87.3 Å². The fourth-order valence-corrected chi connectivity index (χ4v) is 2.46. The summed E-state index contributed by atoms with van der Waals surface area (Å²) in [6.45, 7) is 1.62. The van der Waals surface area contributed by atoms with Crippen molar-refractivity contribution in [1.82, 2.24) is 9.78 Å². The van der Waals surface area contributed by atoms with Crippen LogP contribution in [0.5, 0.6) is 0 Å². The molecule has 2 aromatic carbocycles. The summed E-state index contributed by atoms with van der Waals surface area (Å²) < 4.78 is 6.94. The molecule has 0 atom stereocenters. The van der Waals surface area contributed by atoms with Gasteiger partial charge in [-0.15, -0.1) is 0 Å². The highest BCUT2D eigenvalue weighted by Gasteiger charge is 2.23. The molecule has 0 saturated carbocycles. The van der Waals surface area contributed by atoms with Gasteiger partial charge >= 0.3 is 5.97 Å². The first-order valence-electron chi connectivity index (χ1n) is 7.56. The number of ether oxygens (including phenoxy) is 1. The van der Waals surface area contributed by atoms with E-state index in [1.807, 2.05) is 36.5 Å². The Kier molecular flexibility index (Phi) is 4.56. The third-order valence-electron chi connectivity index (χ3n) is 3.72. The Hall–Kier alpha value is -3.48. The summed E-state index contributed by atoms with van der Waals surface area (Å²) >= 11 is 0. The maximum atomic E-state index is 12.2. The Morgan fingerprint density at radius 1 is 1.20 bits per heavy atom. The molecule has 3 aromatic rings. The van der Waals surface area contributed by atoms with Gasteiger partial charge in [0.1, 0.15) is 12.2 Å². The Morgan fingerprint density at radius 3 is 2.60 bits per heavy atom. The number of benzene rings is 2. The summed E-state index contributed by atoms with van der Waals surface area (Å²) in [4.78, 5) is 22.8. The number of nitrogens with zero attached hydrogens (tertiary/aromatic N) is 3. The number of hydrogen-bond acceptors (Lipinski definition) is 5. The molecular formula is C18H15N3O4. The van der Waals surface area contributed by atoms with Gasteiger partial charge in [0.2, 0.25) is 0 Å². The molecule has 0 spiro atoms. The molecule has 0 aliphatic rings. The molecule has 25 heavy (non-hydrogen) atoms. The highest BCUT2D eigenvalue weighted by molar-refractivity contribution is 5.94. The first kappa shape index (κ1) is 16.4. The Balaban J connectivity index is 1.71. The van der Waals surface area contributed by atoms with E-state index in [-0.39, 0.29) is 17.9 Å². The molecule has 0 unspecified atom stereocenters. The average molecular weight is 337 g/mol. The van der Waals surface area contributed by atoms with Crippen LogP contribution in [0.1, 0.15) is 21.5 Å². The van der Waals surface area contributed by atoms with Gasteiger partial charge in [0.15, 0.2) is 0 Å². The van der Waals surface area contributed by atoms with Crippen molar-refractivity contribution in [1.29, 1.82) is 0 Å². The van der Waals surface area contributed by atoms with Crippen LogP contribution in [0.15, 0.2) is 60.9 Å². The van der Waals surface area contributed by atoms with Crippen LogP contribution in [0, 0.1) is 17.0 Å². The zero-order chi connectivity index (χ0) is 17.8. The lowest BCUT2D eigenvalue weighted by molar-refractivity contribution is -0.385. The van der Waals surface area contributed by atoms with Crippen molar-refractivity contribution in [2.45, 2.75) is 13.5 Å². The van der Waals surface area contributed by atoms with Crippen LogP contribution in [0.2, 0.25) is 0 Å².